The maximum absolute atomic E-state index is 6.10. The molecular weight excluding hydrogens is 208 g/mol. The number of nitrogens with two attached hydrogens (primary N) is 1. The molecule has 102 valence electrons. The quantitative estimate of drug-likeness (QED) is 0.799. The van der Waals surface area contributed by atoms with Crippen molar-refractivity contribution in [2.75, 3.05) is 19.6 Å². The van der Waals surface area contributed by atoms with Gasteiger partial charge in [-0.3, -0.25) is 4.90 Å². The summed E-state index contributed by atoms with van der Waals surface area (Å²) < 4.78 is 0. The molecule has 2 N–H and O–H groups in total. The Bertz CT molecular complexity index is 226. The lowest BCUT2D eigenvalue weighted by atomic mass is 9.80. The van der Waals surface area contributed by atoms with Gasteiger partial charge in [-0.25, -0.2) is 0 Å². The van der Waals surface area contributed by atoms with Crippen LogP contribution in [0.4, 0.5) is 0 Å². The second-order valence-electron chi connectivity index (χ2n) is 6.83. The summed E-state index contributed by atoms with van der Waals surface area (Å²) in [4.78, 5) is 2.69. The third-order valence-corrected chi connectivity index (χ3v) is 4.84. The van der Waals surface area contributed by atoms with Crippen LogP contribution in [0.25, 0.3) is 0 Å². The molecule has 0 bridgehead atoms. The van der Waals surface area contributed by atoms with Gasteiger partial charge in [0.1, 0.15) is 0 Å². The fraction of sp³-hybridized carbons (Fsp3) is 1.00. The van der Waals surface area contributed by atoms with E-state index in [1.807, 2.05) is 0 Å². The van der Waals surface area contributed by atoms with Crippen LogP contribution in [0.3, 0.4) is 0 Å². The zero-order valence-corrected chi connectivity index (χ0v) is 12.6. The minimum Gasteiger partial charge on any atom is -0.329 e. The van der Waals surface area contributed by atoms with E-state index in [-0.39, 0.29) is 5.54 Å². The Morgan fingerprint density at radius 3 is 2.24 bits per heavy atom. The minimum absolute atomic E-state index is 0.273. The van der Waals surface area contributed by atoms with Gasteiger partial charge >= 0.3 is 0 Å². The molecule has 2 heteroatoms. The van der Waals surface area contributed by atoms with E-state index < -0.39 is 0 Å². The second kappa shape index (κ2) is 5.71. The van der Waals surface area contributed by atoms with Crippen molar-refractivity contribution >= 4 is 0 Å². The fourth-order valence-electron chi connectivity index (χ4n) is 3.30. The highest BCUT2D eigenvalue weighted by atomic mass is 15.2. The molecule has 1 heterocycles. The van der Waals surface area contributed by atoms with Crippen molar-refractivity contribution in [2.24, 2.45) is 17.1 Å². The van der Waals surface area contributed by atoms with Gasteiger partial charge in [0, 0.05) is 18.6 Å². The van der Waals surface area contributed by atoms with Crippen molar-refractivity contribution in [3.63, 3.8) is 0 Å². The first kappa shape index (κ1) is 15.0. The molecule has 0 aromatic carbocycles. The van der Waals surface area contributed by atoms with E-state index in [9.17, 15) is 0 Å². The average molecular weight is 240 g/mol. The molecule has 1 fully saturated rings. The summed E-state index contributed by atoms with van der Waals surface area (Å²) >= 11 is 0. The zero-order chi connectivity index (χ0) is 13.1. The molecular formula is C15H32N2. The number of hydrogen-bond acceptors (Lipinski definition) is 2. The predicted octanol–water partition coefficient (Wildman–Crippen LogP) is 3.26. The van der Waals surface area contributed by atoms with E-state index >= 15 is 0 Å². The normalized spacial score (nSPS) is 26.1. The molecule has 0 aliphatic carbocycles. The van der Waals surface area contributed by atoms with Gasteiger partial charge in [-0.15, -0.1) is 0 Å². The Balaban J connectivity index is 2.73. The molecule has 1 saturated heterocycles. The third-order valence-electron chi connectivity index (χ3n) is 4.84. The first-order valence-electron chi connectivity index (χ1n) is 7.34. The van der Waals surface area contributed by atoms with Crippen molar-refractivity contribution in [3.8, 4) is 0 Å². The Labute approximate surface area is 108 Å². The molecule has 1 aliphatic rings. The van der Waals surface area contributed by atoms with Crippen LogP contribution in [0.5, 0.6) is 0 Å². The first-order chi connectivity index (χ1) is 7.89. The van der Waals surface area contributed by atoms with Gasteiger partial charge in [0.2, 0.25) is 0 Å². The van der Waals surface area contributed by atoms with Gasteiger partial charge in [0.05, 0.1) is 0 Å². The lowest BCUT2D eigenvalue weighted by molar-refractivity contribution is 0.0930. The molecule has 2 unspecified atom stereocenters. The Morgan fingerprint density at radius 1 is 1.24 bits per heavy atom. The molecule has 17 heavy (non-hydrogen) atoms. The van der Waals surface area contributed by atoms with Crippen LogP contribution in [0.1, 0.15) is 60.3 Å². The second-order valence-corrected chi connectivity index (χ2v) is 6.83. The average Bonchev–Trinajstić information content (AvgIpc) is 2.75. The molecule has 2 atom stereocenters. The van der Waals surface area contributed by atoms with Gasteiger partial charge in [-0.05, 0) is 37.1 Å². The van der Waals surface area contributed by atoms with E-state index in [0.29, 0.717) is 5.41 Å². The molecule has 0 saturated carbocycles. The highest BCUT2D eigenvalue weighted by Gasteiger charge is 2.40. The third kappa shape index (κ3) is 3.23. The van der Waals surface area contributed by atoms with Crippen LogP contribution >= 0.6 is 0 Å². The molecule has 2 nitrogen and oxygen atoms in total. The highest BCUT2D eigenvalue weighted by molar-refractivity contribution is 4.96. The van der Waals surface area contributed by atoms with Gasteiger partial charge in [-0.1, -0.05) is 41.0 Å². The topological polar surface area (TPSA) is 29.3 Å². The van der Waals surface area contributed by atoms with Crippen LogP contribution in [0.15, 0.2) is 0 Å². The fourth-order valence-corrected chi connectivity index (χ4v) is 3.30. The predicted molar refractivity (Wildman–Crippen MR) is 76.1 cm³/mol. The molecule has 0 aromatic heterocycles. The van der Waals surface area contributed by atoms with Crippen LogP contribution < -0.4 is 5.73 Å². The summed E-state index contributed by atoms with van der Waals surface area (Å²) in [6.45, 7) is 15.0. The highest BCUT2D eigenvalue weighted by Crippen LogP contribution is 2.38. The zero-order valence-electron chi connectivity index (χ0n) is 12.6. The number of likely N-dealkylation sites (tertiary alicyclic amines) is 1. The summed E-state index contributed by atoms with van der Waals surface area (Å²) in [6.07, 6.45) is 5.02. The van der Waals surface area contributed by atoms with Crippen molar-refractivity contribution < 1.29 is 0 Å². The maximum Gasteiger partial charge on any atom is 0.0329 e. The summed E-state index contributed by atoms with van der Waals surface area (Å²) in [6, 6.07) is 0. The molecule has 0 amide bonds. The Hall–Kier alpha value is -0.0800. The Kier molecular flexibility index (Phi) is 5.03. The largest absolute Gasteiger partial charge is 0.329 e. The summed E-state index contributed by atoms with van der Waals surface area (Å²) in [7, 11) is 0. The summed E-state index contributed by atoms with van der Waals surface area (Å²) in [5.41, 5.74) is 6.81. The van der Waals surface area contributed by atoms with Crippen molar-refractivity contribution in [3.05, 3.63) is 0 Å². The lowest BCUT2D eigenvalue weighted by Gasteiger charge is -2.41. The maximum atomic E-state index is 6.10. The minimum atomic E-state index is 0.273. The van der Waals surface area contributed by atoms with E-state index in [1.165, 1.54) is 38.8 Å². The number of hydrogen-bond donors (Lipinski definition) is 1. The van der Waals surface area contributed by atoms with Crippen LogP contribution in [0, 0.1) is 11.3 Å². The molecule has 1 rings (SSSR count). The van der Waals surface area contributed by atoms with Gasteiger partial charge < -0.3 is 5.73 Å². The van der Waals surface area contributed by atoms with Crippen LogP contribution in [-0.2, 0) is 0 Å². The number of nitrogens with zero attached hydrogens (tertiary/aromatic N) is 1. The van der Waals surface area contributed by atoms with Crippen molar-refractivity contribution in [1.82, 2.24) is 4.90 Å². The molecule has 0 aromatic rings. The van der Waals surface area contributed by atoms with E-state index in [0.717, 1.165) is 12.5 Å². The summed E-state index contributed by atoms with van der Waals surface area (Å²) in [5, 5.41) is 0. The summed E-state index contributed by atoms with van der Waals surface area (Å²) in [5.74, 6) is 0.830. The lowest BCUT2D eigenvalue weighted by Crippen LogP contribution is -2.52. The first-order valence-corrected chi connectivity index (χ1v) is 7.34. The molecule has 0 spiro atoms. The van der Waals surface area contributed by atoms with Gasteiger partial charge in [0.15, 0.2) is 0 Å². The number of rotatable bonds is 5. The Morgan fingerprint density at radius 2 is 1.88 bits per heavy atom. The smallest absolute Gasteiger partial charge is 0.0329 e. The van der Waals surface area contributed by atoms with Crippen molar-refractivity contribution in [2.45, 2.75) is 65.8 Å². The van der Waals surface area contributed by atoms with Gasteiger partial charge in [-0.2, -0.15) is 0 Å². The molecule has 0 radical (unpaired) electrons. The SMILES string of the molecule is CCCC(CC)(CN)N1CCC(C(C)(C)C)C1. The molecule has 1 aliphatic heterocycles. The van der Waals surface area contributed by atoms with Gasteiger partial charge in [0.25, 0.3) is 0 Å². The van der Waals surface area contributed by atoms with E-state index in [2.05, 4.69) is 39.5 Å². The standard InChI is InChI=1S/C15H32N2/c1-6-9-15(7-2,12-16)17-10-8-13(11-17)14(3,4)5/h13H,6-12,16H2,1-5H3. The van der Waals surface area contributed by atoms with Crippen LogP contribution in [0.2, 0.25) is 0 Å². The van der Waals surface area contributed by atoms with Crippen molar-refractivity contribution in [1.29, 1.82) is 0 Å². The monoisotopic (exact) mass is 240 g/mol. The van der Waals surface area contributed by atoms with Crippen LogP contribution in [-0.4, -0.2) is 30.1 Å². The van der Waals surface area contributed by atoms with E-state index in [1.54, 1.807) is 0 Å². The van der Waals surface area contributed by atoms with E-state index in [4.69, 9.17) is 5.73 Å².